The number of aliphatic hydroxyl groups is 1. The van der Waals surface area contributed by atoms with E-state index in [-0.39, 0.29) is 6.42 Å². The summed E-state index contributed by atoms with van der Waals surface area (Å²) >= 11 is 3.44. The fraction of sp³-hybridized carbons (Fsp3) is 0.500. The normalized spacial score (nSPS) is 24.0. The summed E-state index contributed by atoms with van der Waals surface area (Å²) < 4.78 is 0.883. The Morgan fingerprint density at radius 2 is 2.44 bits per heavy atom. The number of anilines is 1. The number of primary amides is 1. The molecule has 6 heteroatoms. The lowest BCUT2D eigenvalue weighted by molar-refractivity contribution is -0.123. The zero-order chi connectivity index (χ0) is 13.2. The zero-order valence-electron chi connectivity index (χ0n) is 9.97. The largest absolute Gasteiger partial charge is 0.388 e. The number of amides is 1. The first kappa shape index (κ1) is 13.3. The van der Waals surface area contributed by atoms with Gasteiger partial charge < -0.3 is 15.7 Å². The van der Waals surface area contributed by atoms with E-state index < -0.39 is 11.5 Å². The Hall–Kier alpha value is -1.14. The van der Waals surface area contributed by atoms with Crippen LogP contribution in [0.15, 0.2) is 22.9 Å². The highest BCUT2D eigenvalue weighted by atomic mass is 79.9. The molecule has 5 nitrogen and oxygen atoms in total. The third-order valence-electron chi connectivity index (χ3n) is 3.15. The van der Waals surface area contributed by atoms with Crippen LogP contribution >= 0.6 is 15.9 Å². The van der Waals surface area contributed by atoms with Crippen molar-refractivity contribution in [2.75, 3.05) is 18.0 Å². The van der Waals surface area contributed by atoms with Crippen LogP contribution in [0.4, 0.5) is 5.69 Å². The summed E-state index contributed by atoms with van der Waals surface area (Å²) in [6, 6.07) is 1.89. The lowest BCUT2D eigenvalue weighted by Crippen LogP contribution is -2.50. The van der Waals surface area contributed by atoms with Gasteiger partial charge in [0.05, 0.1) is 22.2 Å². The van der Waals surface area contributed by atoms with Crippen molar-refractivity contribution in [2.45, 2.75) is 24.9 Å². The van der Waals surface area contributed by atoms with Gasteiger partial charge in [-0.05, 0) is 34.8 Å². The summed E-state index contributed by atoms with van der Waals surface area (Å²) in [5.41, 5.74) is 5.14. The van der Waals surface area contributed by atoms with Crippen LogP contribution in [0.5, 0.6) is 0 Å². The molecule has 18 heavy (non-hydrogen) atoms. The van der Waals surface area contributed by atoms with Crippen LogP contribution in [0.1, 0.15) is 19.3 Å². The Bertz CT molecular complexity index is 455. The average Bonchev–Trinajstić information content (AvgIpc) is 2.27. The van der Waals surface area contributed by atoms with Crippen LogP contribution in [-0.4, -0.2) is 34.7 Å². The number of nitrogens with zero attached hydrogens (tertiary/aromatic N) is 2. The predicted molar refractivity (Wildman–Crippen MR) is 72.1 cm³/mol. The maximum atomic E-state index is 11.0. The Labute approximate surface area is 114 Å². The maximum Gasteiger partial charge on any atom is 0.220 e. The SMILES string of the molecule is NC(=O)CC1(O)CCCN(c2ccncc2Br)C1. The molecule has 1 aliphatic rings. The number of carbonyl (C=O) groups is 1. The molecular weight excluding hydrogens is 298 g/mol. The van der Waals surface area contributed by atoms with Crippen LogP contribution in [0.2, 0.25) is 0 Å². The molecule has 0 bridgehead atoms. The van der Waals surface area contributed by atoms with Crippen molar-refractivity contribution in [3.63, 3.8) is 0 Å². The molecule has 1 aromatic rings. The van der Waals surface area contributed by atoms with E-state index in [4.69, 9.17) is 5.73 Å². The van der Waals surface area contributed by atoms with E-state index in [1.54, 1.807) is 12.4 Å². The first-order chi connectivity index (χ1) is 8.50. The first-order valence-electron chi connectivity index (χ1n) is 5.85. The molecule has 1 atom stereocenters. The Kier molecular flexibility index (Phi) is 3.87. The molecule has 98 valence electrons. The minimum atomic E-state index is -1.02. The second-order valence-electron chi connectivity index (χ2n) is 4.72. The predicted octanol–water partition coefficient (Wildman–Crippen LogP) is 1.05. The van der Waals surface area contributed by atoms with Crippen LogP contribution < -0.4 is 10.6 Å². The van der Waals surface area contributed by atoms with Crippen molar-refractivity contribution < 1.29 is 9.90 Å². The summed E-state index contributed by atoms with van der Waals surface area (Å²) in [5, 5.41) is 10.4. The summed E-state index contributed by atoms with van der Waals surface area (Å²) in [6.07, 6.45) is 4.87. The van der Waals surface area contributed by atoms with Gasteiger partial charge in [-0.1, -0.05) is 0 Å². The van der Waals surface area contributed by atoms with Crippen LogP contribution in [-0.2, 0) is 4.79 Å². The topological polar surface area (TPSA) is 79.5 Å². The van der Waals surface area contributed by atoms with Crippen molar-refractivity contribution in [1.82, 2.24) is 4.98 Å². The number of carbonyl (C=O) groups excluding carboxylic acids is 1. The van der Waals surface area contributed by atoms with Crippen molar-refractivity contribution in [3.8, 4) is 0 Å². The molecule has 1 aliphatic heterocycles. The zero-order valence-corrected chi connectivity index (χ0v) is 11.6. The number of hydrogen-bond donors (Lipinski definition) is 2. The molecule has 0 spiro atoms. The van der Waals surface area contributed by atoms with E-state index in [1.807, 2.05) is 6.07 Å². The number of rotatable bonds is 3. The van der Waals surface area contributed by atoms with Gasteiger partial charge in [-0.2, -0.15) is 0 Å². The van der Waals surface area contributed by atoms with Crippen molar-refractivity contribution in [3.05, 3.63) is 22.9 Å². The van der Waals surface area contributed by atoms with Crippen molar-refractivity contribution in [1.29, 1.82) is 0 Å². The fourth-order valence-electron chi connectivity index (χ4n) is 2.41. The van der Waals surface area contributed by atoms with Crippen LogP contribution in [0.25, 0.3) is 0 Å². The van der Waals surface area contributed by atoms with Gasteiger partial charge in [0.2, 0.25) is 5.91 Å². The van der Waals surface area contributed by atoms with Gasteiger partial charge in [-0.15, -0.1) is 0 Å². The van der Waals surface area contributed by atoms with Crippen molar-refractivity contribution >= 4 is 27.5 Å². The molecule has 0 saturated carbocycles. The van der Waals surface area contributed by atoms with E-state index in [0.29, 0.717) is 13.0 Å². The fourth-order valence-corrected chi connectivity index (χ4v) is 2.91. The summed E-state index contributed by atoms with van der Waals surface area (Å²) in [4.78, 5) is 17.1. The van der Waals surface area contributed by atoms with E-state index in [2.05, 4.69) is 25.8 Å². The highest BCUT2D eigenvalue weighted by Crippen LogP contribution is 2.31. The van der Waals surface area contributed by atoms with Gasteiger partial charge in [-0.3, -0.25) is 9.78 Å². The van der Waals surface area contributed by atoms with Gasteiger partial charge in [-0.25, -0.2) is 0 Å². The molecule has 0 radical (unpaired) electrons. The molecule has 1 saturated heterocycles. The molecular formula is C12H16BrN3O2. The molecule has 3 N–H and O–H groups in total. The van der Waals surface area contributed by atoms with E-state index in [0.717, 1.165) is 23.1 Å². The van der Waals surface area contributed by atoms with Gasteiger partial charge in [0, 0.05) is 25.5 Å². The Morgan fingerprint density at radius 3 is 3.11 bits per heavy atom. The standard InChI is InChI=1S/C12H16BrN3O2/c13-9-7-15-4-2-10(9)16-5-1-3-12(18,8-16)6-11(14)17/h2,4,7,18H,1,3,5-6,8H2,(H2,14,17). The monoisotopic (exact) mass is 313 g/mol. The smallest absolute Gasteiger partial charge is 0.220 e. The molecule has 2 rings (SSSR count). The molecule has 2 heterocycles. The molecule has 1 aromatic heterocycles. The molecule has 1 fully saturated rings. The third-order valence-corrected chi connectivity index (χ3v) is 3.76. The highest BCUT2D eigenvalue weighted by Gasteiger charge is 2.35. The Morgan fingerprint density at radius 1 is 1.67 bits per heavy atom. The average molecular weight is 314 g/mol. The van der Waals surface area contributed by atoms with Gasteiger partial charge in [0.1, 0.15) is 0 Å². The lowest BCUT2D eigenvalue weighted by Gasteiger charge is -2.40. The molecule has 1 amide bonds. The number of piperidine rings is 1. The molecule has 0 aromatic carbocycles. The first-order valence-corrected chi connectivity index (χ1v) is 6.65. The summed E-state index contributed by atoms with van der Waals surface area (Å²) in [6.45, 7) is 1.27. The van der Waals surface area contributed by atoms with Crippen molar-refractivity contribution in [2.24, 2.45) is 5.73 Å². The lowest BCUT2D eigenvalue weighted by atomic mass is 9.89. The summed E-state index contributed by atoms with van der Waals surface area (Å²) in [7, 11) is 0. The minimum Gasteiger partial charge on any atom is -0.388 e. The molecule has 1 unspecified atom stereocenters. The number of halogens is 1. The van der Waals surface area contributed by atoms with Gasteiger partial charge in [0.15, 0.2) is 0 Å². The third kappa shape index (κ3) is 3.00. The number of pyridine rings is 1. The quantitative estimate of drug-likeness (QED) is 0.874. The second kappa shape index (κ2) is 5.24. The van der Waals surface area contributed by atoms with E-state index >= 15 is 0 Å². The van der Waals surface area contributed by atoms with Gasteiger partial charge in [0.25, 0.3) is 0 Å². The van der Waals surface area contributed by atoms with Crippen LogP contribution in [0, 0.1) is 0 Å². The second-order valence-corrected chi connectivity index (χ2v) is 5.57. The van der Waals surface area contributed by atoms with Crippen LogP contribution in [0.3, 0.4) is 0 Å². The maximum absolute atomic E-state index is 11.0. The summed E-state index contributed by atoms with van der Waals surface area (Å²) in [5.74, 6) is -0.465. The number of hydrogen-bond acceptors (Lipinski definition) is 4. The Balaban J connectivity index is 2.16. The molecule has 0 aliphatic carbocycles. The number of aromatic nitrogens is 1. The van der Waals surface area contributed by atoms with Gasteiger partial charge >= 0.3 is 0 Å². The minimum absolute atomic E-state index is 0.00615. The van der Waals surface area contributed by atoms with E-state index in [1.165, 1.54) is 0 Å². The number of nitrogens with two attached hydrogens (primary N) is 1. The van der Waals surface area contributed by atoms with E-state index in [9.17, 15) is 9.90 Å². The number of β-amino-alcohol motifs (C(OH)–C–C–N with tert-alkyl or cyclic N) is 1. The highest BCUT2D eigenvalue weighted by molar-refractivity contribution is 9.10.